The van der Waals surface area contributed by atoms with Gasteiger partial charge in [0.2, 0.25) is 10.0 Å². The SMILES string of the molecule is CC(C)COc1ccccc1-c1cc(Nc2ccc(CNS(C)(=O)=O)cc2)ncn1. The maximum Gasteiger partial charge on any atom is 0.209 e. The van der Waals surface area contributed by atoms with Crippen LogP contribution in [0.3, 0.4) is 0 Å². The van der Waals surface area contributed by atoms with Gasteiger partial charge in [0.15, 0.2) is 0 Å². The topological polar surface area (TPSA) is 93.2 Å². The molecule has 7 nitrogen and oxygen atoms in total. The smallest absolute Gasteiger partial charge is 0.209 e. The molecule has 8 heteroatoms. The zero-order valence-electron chi connectivity index (χ0n) is 17.3. The van der Waals surface area contributed by atoms with Crippen molar-refractivity contribution >= 4 is 21.5 Å². The van der Waals surface area contributed by atoms with Crippen LogP contribution < -0.4 is 14.8 Å². The molecular formula is C22H26N4O3S. The lowest BCUT2D eigenvalue weighted by Gasteiger charge is -2.13. The van der Waals surface area contributed by atoms with Crippen LogP contribution in [0.1, 0.15) is 19.4 Å². The lowest BCUT2D eigenvalue weighted by molar-refractivity contribution is 0.272. The summed E-state index contributed by atoms with van der Waals surface area (Å²) < 4.78 is 30.8. The van der Waals surface area contributed by atoms with Crippen molar-refractivity contribution in [1.29, 1.82) is 0 Å². The molecule has 0 amide bonds. The van der Waals surface area contributed by atoms with Gasteiger partial charge < -0.3 is 10.1 Å². The van der Waals surface area contributed by atoms with E-state index in [9.17, 15) is 8.42 Å². The van der Waals surface area contributed by atoms with Crippen molar-refractivity contribution in [1.82, 2.24) is 14.7 Å². The summed E-state index contributed by atoms with van der Waals surface area (Å²) in [6.07, 6.45) is 2.66. The highest BCUT2D eigenvalue weighted by Gasteiger charge is 2.10. The maximum atomic E-state index is 11.2. The third-order valence-corrected chi connectivity index (χ3v) is 4.84. The van der Waals surface area contributed by atoms with E-state index in [1.54, 1.807) is 0 Å². The molecule has 1 aromatic heterocycles. The van der Waals surface area contributed by atoms with E-state index >= 15 is 0 Å². The number of aromatic nitrogens is 2. The number of nitrogens with zero attached hydrogens (tertiary/aromatic N) is 2. The first-order valence-corrected chi connectivity index (χ1v) is 11.5. The molecular weight excluding hydrogens is 400 g/mol. The molecule has 2 aromatic carbocycles. The van der Waals surface area contributed by atoms with Crippen LogP contribution in [0.15, 0.2) is 60.9 Å². The second-order valence-corrected chi connectivity index (χ2v) is 9.24. The van der Waals surface area contributed by atoms with Gasteiger partial charge in [0.1, 0.15) is 17.9 Å². The molecule has 158 valence electrons. The van der Waals surface area contributed by atoms with Gasteiger partial charge in [0.25, 0.3) is 0 Å². The van der Waals surface area contributed by atoms with E-state index in [0.29, 0.717) is 18.3 Å². The number of hydrogen-bond donors (Lipinski definition) is 2. The number of anilines is 2. The number of para-hydroxylation sites is 1. The molecule has 3 rings (SSSR count). The largest absolute Gasteiger partial charge is 0.493 e. The van der Waals surface area contributed by atoms with Gasteiger partial charge in [0.05, 0.1) is 18.6 Å². The van der Waals surface area contributed by atoms with Crippen LogP contribution in [0.2, 0.25) is 0 Å². The maximum absolute atomic E-state index is 11.2. The second-order valence-electron chi connectivity index (χ2n) is 7.40. The van der Waals surface area contributed by atoms with Crippen molar-refractivity contribution in [3.05, 3.63) is 66.5 Å². The van der Waals surface area contributed by atoms with Gasteiger partial charge >= 0.3 is 0 Å². The van der Waals surface area contributed by atoms with E-state index in [1.165, 1.54) is 6.33 Å². The Hall–Kier alpha value is -2.97. The Bertz CT molecular complexity index is 1080. The van der Waals surface area contributed by atoms with E-state index in [4.69, 9.17) is 4.74 Å². The van der Waals surface area contributed by atoms with Crippen LogP contribution in [0.25, 0.3) is 11.3 Å². The zero-order chi connectivity index (χ0) is 21.6. The Morgan fingerprint density at radius 2 is 1.77 bits per heavy atom. The van der Waals surface area contributed by atoms with E-state index in [-0.39, 0.29) is 6.54 Å². The quantitative estimate of drug-likeness (QED) is 0.538. The van der Waals surface area contributed by atoms with Crippen LogP contribution in [0.5, 0.6) is 5.75 Å². The Morgan fingerprint density at radius 3 is 2.47 bits per heavy atom. The summed E-state index contributed by atoms with van der Waals surface area (Å²) in [4.78, 5) is 8.70. The van der Waals surface area contributed by atoms with Crippen LogP contribution in [0.4, 0.5) is 11.5 Å². The van der Waals surface area contributed by atoms with Gasteiger partial charge in [-0.25, -0.2) is 23.1 Å². The molecule has 3 aromatic rings. The Morgan fingerprint density at radius 1 is 1.03 bits per heavy atom. The van der Waals surface area contributed by atoms with Crippen LogP contribution >= 0.6 is 0 Å². The third kappa shape index (κ3) is 6.53. The minimum atomic E-state index is -3.22. The van der Waals surface area contributed by atoms with E-state index in [0.717, 1.165) is 34.5 Å². The molecule has 1 heterocycles. The zero-order valence-corrected chi connectivity index (χ0v) is 18.1. The van der Waals surface area contributed by atoms with Crippen molar-refractivity contribution in [3.63, 3.8) is 0 Å². The summed E-state index contributed by atoms with van der Waals surface area (Å²) in [5, 5.41) is 3.25. The highest BCUT2D eigenvalue weighted by molar-refractivity contribution is 7.88. The number of rotatable bonds is 9. The number of nitrogens with one attached hydrogen (secondary N) is 2. The van der Waals surface area contributed by atoms with Crippen LogP contribution in [0, 0.1) is 5.92 Å². The molecule has 30 heavy (non-hydrogen) atoms. The normalized spacial score (nSPS) is 11.5. The highest BCUT2D eigenvalue weighted by Crippen LogP contribution is 2.30. The van der Waals surface area contributed by atoms with E-state index in [1.807, 2.05) is 54.6 Å². The Labute approximate surface area is 177 Å². The summed E-state index contributed by atoms with van der Waals surface area (Å²) >= 11 is 0. The Kier molecular flexibility index (Phi) is 7.02. The number of hydrogen-bond acceptors (Lipinski definition) is 6. The molecule has 0 aliphatic carbocycles. The summed E-state index contributed by atoms with van der Waals surface area (Å²) in [6.45, 7) is 5.10. The summed E-state index contributed by atoms with van der Waals surface area (Å²) in [6, 6.07) is 17.2. The molecule has 0 saturated heterocycles. The van der Waals surface area contributed by atoms with E-state index < -0.39 is 10.0 Å². The molecule has 0 atom stereocenters. The summed E-state index contributed by atoms with van der Waals surface area (Å²) in [5.74, 6) is 1.87. The molecule has 0 radical (unpaired) electrons. The monoisotopic (exact) mass is 426 g/mol. The molecule has 0 bridgehead atoms. The number of benzene rings is 2. The summed E-state index contributed by atoms with van der Waals surface area (Å²) in [7, 11) is -3.22. The molecule has 0 spiro atoms. The molecule has 0 aliphatic heterocycles. The van der Waals surface area contributed by atoms with Crippen LogP contribution in [-0.4, -0.2) is 31.2 Å². The predicted molar refractivity (Wildman–Crippen MR) is 119 cm³/mol. The number of sulfonamides is 1. The van der Waals surface area contributed by atoms with Crippen LogP contribution in [-0.2, 0) is 16.6 Å². The first-order valence-electron chi connectivity index (χ1n) is 9.65. The van der Waals surface area contributed by atoms with Crippen molar-refractivity contribution in [2.24, 2.45) is 5.92 Å². The molecule has 2 N–H and O–H groups in total. The van der Waals surface area contributed by atoms with Crippen molar-refractivity contribution in [2.45, 2.75) is 20.4 Å². The first-order chi connectivity index (χ1) is 14.3. The van der Waals surface area contributed by atoms with Gasteiger partial charge in [-0.3, -0.25) is 0 Å². The van der Waals surface area contributed by atoms with Crippen molar-refractivity contribution in [2.75, 3.05) is 18.2 Å². The predicted octanol–water partition coefficient (Wildman–Crippen LogP) is 3.97. The average molecular weight is 427 g/mol. The lowest BCUT2D eigenvalue weighted by Crippen LogP contribution is -2.21. The Balaban J connectivity index is 1.74. The van der Waals surface area contributed by atoms with Crippen molar-refractivity contribution < 1.29 is 13.2 Å². The molecule has 0 fully saturated rings. The third-order valence-electron chi connectivity index (χ3n) is 4.17. The van der Waals surface area contributed by atoms with Gasteiger partial charge in [-0.1, -0.05) is 38.1 Å². The van der Waals surface area contributed by atoms with Gasteiger partial charge in [-0.2, -0.15) is 0 Å². The second kappa shape index (κ2) is 9.69. The van der Waals surface area contributed by atoms with Gasteiger partial charge in [-0.05, 0) is 35.7 Å². The fraction of sp³-hybridized carbons (Fsp3) is 0.273. The standard InChI is InChI=1S/C22H26N4O3S/c1-16(2)14-29-21-7-5-4-6-19(21)20-12-22(24-15-23-20)26-18-10-8-17(9-11-18)13-25-30(3,27)28/h4-12,15-16,25H,13-14H2,1-3H3,(H,23,24,26). The van der Waals surface area contributed by atoms with Gasteiger partial charge in [0, 0.05) is 23.9 Å². The van der Waals surface area contributed by atoms with E-state index in [2.05, 4.69) is 33.9 Å². The summed E-state index contributed by atoms with van der Waals surface area (Å²) in [5.41, 5.74) is 3.38. The molecule has 0 aliphatic rings. The average Bonchev–Trinajstić information content (AvgIpc) is 2.71. The fourth-order valence-corrected chi connectivity index (χ4v) is 3.13. The minimum absolute atomic E-state index is 0.254. The van der Waals surface area contributed by atoms with Gasteiger partial charge in [-0.15, -0.1) is 0 Å². The fourth-order valence-electron chi connectivity index (χ4n) is 2.70. The highest BCUT2D eigenvalue weighted by atomic mass is 32.2. The lowest BCUT2D eigenvalue weighted by atomic mass is 10.1. The number of ether oxygens (including phenoxy) is 1. The first kappa shape index (κ1) is 21.7. The molecule has 0 unspecified atom stereocenters. The van der Waals surface area contributed by atoms with Crippen molar-refractivity contribution in [3.8, 4) is 17.0 Å². The molecule has 0 saturated carbocycles. The minimum Gasteiger partial charge on any atom is -0.493 e.